The molecule has 0 spiro atoms. The van der Waals surface area contributed by atoms with E-state index < -0.39 is 11.6 Å². The van der Waals surface area contributed by atoms with Gasteiger partial charge in [-0.1, -0.05) is 100 Å². The molecule has 0 aliphatic rings. The van der Waals surface area contributed by atoms with Gasteiger partial charge in [-0.3, -0.25) is 0 Å². The van der Waals surface area contributed by atoms with E-state index in [1.54, 1.807) is 0 Å². The zero-order valence-corrected chi connectivity index (χ0v) is 21.6. The Bertz CT molecular complexity index is 1190. The van der Waals surface area contributed by atoms with Crippen molar-refractivity contribution >= 4 is 0 Å². The molecule has 2 heteroatoms. The zero-order chi connectivity index (χ0) is 25.6. The molecule has 0 bridgehead atoms. The van der Waals surface area contributed by atoms with Crippen molar-refractivity contribution in [1.82, 2.24) is 0 Å². The van der Waals surface area contributed by atoms with Crippen LogP contribution in [-0.2, 0) is 12.8 Å². The van der Waals surface area contributed by atoms with Crippen LogP contribution in [0.3, 0.4) is 0 Å². The first-order valence-electron chi connectivity index (χ1n) is 13.3. The maximum atomic E-state index is 14.6. The molecule has 3 aromatic rings. The molecule has 0 aliphatic heterocycles. The Balaban J connectivity index is 1.62. The van der Waals surface area contributed by atoms with Crippen molar-refractivity contribution in [3.8, 4) is 23.7 Å². The molecular formula is C34H36F2. The van der Waals surface area contributed by atoms with Crippen LogP contribution in [-0.4, -0.2) is 0 Å². The van der Waals surface area contributed by atoms with Crippen molar-refractivity contribution in [3.63, 3.8) is 0 Å². The molecular weight excluding hydrogens is 446 g/mol. The molecule has 0 N–H and O–H groups in total. The molecule has 3 rings (SSSR count). The maximum absolute atomic E-state index is 14.6. The highest BCUT2D eigenvalue weighted by molar-refractivity contribution is 5.49. The van der Waals surface area contributed by atoms with Gasteiger partial charge in [0.15, 0.2) is 0 Å². The number of rotatable bonds is 10. The standard InChI is InChI=1S/C34H36F2/c1-3-5-7-9-11-27-13-17-29(18-14-27)21-22-31-25-33(35)32(34(36)26-31)24-23-30-19-15-28(16-20-30)12-10-8-6-4-2/h13-20,25-26H,3-12H2,1-2H3. The van der Waals surface area contributed by atoms with Crippen LogP contribution in [0, 0.1) is 35.3 Å². The fraction of sp³-hybridized carbons (Fsp3) is 0.353. The SMILES string of the molecule is CCCCCCc1ccc(C#Cc2cc(F)c(C#Cc3ccc(CCCCCC)cc3)c(F)c2)cc1. The number of hydrogen-bond acceptors (Lipinski definition) is 0. The Labute approximate surface area is 216 Å². The Kier molecular flexibility index (Phi) is 11.3. The predicted molar refractivity (Wildman–Crippen MR) is 147 cm³/mol. The quantitative estimate of drug-likeness (QED) is 0.200. The lowest BCUT2D eigenvalue weighted by molar-refractivity contribution is 0.577. The fourth-order valence-electron chi connectivity index (χ4n) is 4.07. The second-order valence-corrected chi connectivity index (χ2v) is 9.33. The molecule has 186 valence electrons. The van der Waals surface area contributed by atoms with E-state index in [-0.39, 0.29) is 5.56 Å². The molecule has 0 fully saturated rings. The van der Waals surface area contributed by atoms with E-state index >= 15 is 0 Å². The van der Waals surface area contributed by atoms with Gasteiger partial charge < -0.3 is 0 Å². The van der Waals surface area contributed by atoms with Gasteiger partial charge in [0.1, 0.15) is 11.6 Å². The molecule has 0 aromatic heterocycles. The van der Waals surface area contributed by atoms with Gasteiger partial charge in [0.05, 0.1) is 5.56 Å². The summed E-state index contributed by atoms with van der Waals surface area (Å²) in [7, 11) is 0. The summed E-state index contributed by atoms with van der Waals surface area (Å²) in [5.41, 5.74) is 4.19. The average Bonchev–Trinajstić information content (AvgIpc) is 2.89. The number of benzene rings is 3. The number of unbranched alkanes of at least 4 members (excludes halogenated alkanes) is 6. The van der Waals surface area contributed by atoms with Crippen molar-refractivity contribution in [2.24, 2.45) is 0 Å². The van der Waals surface area contributed by atoms with Crippen LogP contribution >= 0.6 is 0 Å². The summed E-state index contributed by atoms with van der Waals surface area (Å²) in [6, 6.07) is 18.5. The van der Waals surface area contributed by atoms with Gasteiger partial charge in [-0.05, 0) is 73.2 Å². The third kappa shape index (κ3) is 9.02. The minimum absolute atomic E-state index is 0.225. The molecule has 36 heavy (non-hydrogen) atoms. The van der Waals surface area contributed by atoms with Gasteiger partial charge in [0.2, 0.25) is 0 Å². The molecule has 0 amide bonds. The summed E-state index contributed by atoms with van der Waals surface area (Å²) in [5.74, 6) is 10.0. The van der Waals surface area contributed by atoms with E-state index in [1.165, 1.54) is 74.6 Å². The first-order chi connectivity index (χ1) is 17.6. The van der Waals surface area contributed by atoms with Crippen molar-refractivity contribution in [3.05, 3.63) is 106 Å². The predicted octanol–water partition coefficient (Wildman–Crippen LogP) is 9.01. The summed E-state index contributed by atoms with van der Waals surface area (Å²) in [5, 5.41) is 0. The second-order valence-electron chi connectivity index (χ2n) is 9.33. The Morgan fingerprint density at radius 1 is 0.500 bits per heavy atom. The third-order valence-electron chi connectivity index (χ3n) is 6.27. The van der Waals surface area contributed by atoms with E-state index in [9.17, 15) is 8.78 Å². The van der Waals surface area contributed by atoms with E-state index in [2.05, 4.69) is 49.7 Å². The fourth-order valence-corrected chi connectivity index (χ4v) is 4.07. The Morgan fingerprint density at radius 3 is 1.36 bits per heavy atom. The highest BCUT2D eigenvalue weighted by atomic mass is 19.1. The normalized spacial score (nSPS) is 10.3. The van der Waals surface area contributed by atoms with Gasteiger partial charge >= 0.3 is 0 Å². The van der Waals surface area contributed by atoms with E-state index in [1.807, 2.05) is 36.4 Å². The third-order valence-corrected chi connectivity index (χ3v) is 6.27. The molecule has 0 saturated carbocycles. The summed E-state index contributed by atoms with van der Waals surface area (Å²) in [6.07, 6.45) is 12.0. The average molecular weight is 483 g/mol. The summed E-state index contributed by atoms with van der Waals surface area (Å²) < 4.78 is 29.2. The van der Waals surface area contributed by atoms with Crippen molar-refractivity contribution < 1.29 is 8.78 Å². The van der Waals surface area contributed by atoms with Crippen LogP contribution in [0.4, 0.5) is 8.78 Å². The number of hydrogen-bond donors (Lipinski definition) is 0. The molecule has 0 saturated heterocycles. The maximum Gasteiger partial charge on any atom is 0.143 e. The van der Waals surface area contributed by atoms with E-state index in [0.29, 0.717) is 5.56 Å². The lowest BCUT2D eigenvalue weighted by atomic mass is 10.0. The Hall–Kier alpha value is -3.36. The monoisotopic (exact) mass is 482 g/mol. The van der Waals surface area contributed by atoms with Gasteiger partial charge in [0, 0.05) is 16.7 Å². The lowest BCUT2D eigenvalue weighted by Crippen LogP contribution is -1.93. The number of halogens is 2. The highest BCUT2D eigenvalue weighted by Gasteiger charge is 2.08. The molecule has 0 heterocycles. The molecule has 0 aliphatic carbocycles. The highest BCUT2D eigenvalue weighted by Crippen LogP contribution is 2.16. The lowest BCUT2D eigenvalue weighted by Gasteiger charge is -2.02. The second kappa shape index (κ2) is 14.9. The van der Waals surface area contributed by atoms with E-state index in [4.69, 9.17) is 0 Å². The Morgan fingerprint density at radius 2 is 0.917 bits per heavy atom. The van der Waals surface area contributed by atoms with Gasteiger partial charge in [-0.15, -0.1) is 0 Å². The minimum Gasteiger partial charge on any atom is -0.205 e. The topological polar surface area (TPSA) is 0 Å². The molecule has 0 radical (unpaired) electrons. The van der Waals surface area contributed by atoms with Crippen LogP contribution in [0.5, 0.6) is 0 Å². The summed E-state index contributed by atoms with van der Waals surface area (Å²) in [6.45, 7) is 4.41. The van der Waals surface area contributed by atoms with Crippen molar-refractivity contribution in [2.45, 2.75) is 78.1 Å². The van der Waals surface area contributed by atoms with Crippen molar-refractivity contribution in [1.29, 1.82) is 0 Å². The zero-order valence-electron chi connectivity index (χ0n) is 21.6. The van der Waals surface area contributed by atoms with Crippen molar-refractivity contribution in [2.75, 3.05) is 0 Å². The van der Waals surface area contributed by atoms with Gasteiger partial charge in [0.25, 0.3) is 0 Å². The van der Waals surface area contributed by atoms with Crippen LogP contribution in [0.25, 0.3) is 0 Å². The summed E-state index contributed by atoms with van der Waals surface area (Å²) >= 11 is 0. The van der Waals surface area contributed by atoms with Gasteiger partial charge in [-0.2, -0.15) is 0 Å². The minimum atomic E-state index is -0.693. The first kappa shape index (κ1) is 27.2. The number of aryl methyl sites for hydroxylation is 2. The van der Waals surface area contributed by atoms with Crippen LogP contribution in [0.1, 0.15) is 98.6 Å². The smallest absolute Gasteiger partial charge is 0.143 e. The largest absolute Gasteiger partial charge is 0.205 e. The van der Waals surface area contributed by atoms with Crippen LogP contribution in [0.15, 0.2) is 60.7 Å². The molecule has 0 atom stereocenters. The molecule has 3 aromatic carbocycles. The van der Waals surface area contributed by atoms with Crippen LogP contribution in [0.2, 0.25) is 0 Å². The van der Waals surface area contributed by atoms with Crippen LogP contribution < -0.4 is 0 Å². The molecule has 0 nitrogen and oxygen atoms in total. The first-order valence-corrected chi connectivity index (χ1v) is 13.3. The van der Waals surface area contributed by atoms with Gasteiger partial charge in [-0.25, -0.2) is 8.78 Å². The summed E-state index contributed by atoms with van der Waals surface area (Å²) in [4.78, 5) is 0. The van der Waals surface area contributed by atoms with E-state index in [0.717, 1.165) is 24.0 Å². The molecule has 0 unspecified atom stereocenters.